The van der Waals surface area contributed by atoms with Crippen molar-refractivity contribution in [1.29, 1.82) is 0 Å². The highest BCUT2D eigenvalue weighted by molar-refractivity contribution is 6.02. The van der Waals surface area contributed by atoms with Gasteiger partial charge in [-0.3, -0.25) is 15.2 Å². The molecular formula is C19H16F2N6O. The molecule has 3 heterocycles. The molecule has 9 heteroatoms. The maximum atomic E-state index is 13.6. The first-order valence-electron chi connectivity index (χ1n) is 8.66. The Morgan fingerprint density at radius 3 is 2.71 bits per heavy atom. The quantitative estimate of drug-likeness (QED) is 0.707. The minimum atomic E-state index is -0.692. The van der Waals surface area contributed by atoms with E-state index in [-0.39, 0.29) is 0 Å². The Morgan fingerprint density at radius 2 is 1.96 bits per heavy atom. The molecule has 2 amide bonds. The number of nitrogens with zero attached hydrogens (tertiary/aromatic N) is 4. The smallest absolute Gasteiger partial charge is 0.328 e. The first kappa shape index (κ1) is 17.8. The van der Waals surface area contributed by atoms with Crippen molar-refractivity contribution < 1.29 is 13.6 Å². The summed E-state index contributed by atoms with van der Waals surface area (Å²) in [6.45, 7) is 1.08. The normalized spacial score (nSPS) is 13.3. The number of anilines is 3. The van der Waals surface area contributed by atoms with Crippen LogP contribution in [0.3, 0.4) is 0 Å². The number of pyridine rings is 1. The zero-order valence-corrected chi connectivity index (χ0v) is 14.7. The topological polar surface area (TPSA) is 83.0 Å². The van der Waals surface area contributed by atoms with E-state index in [9.17, 15) is 13.6 Å². The van der Waals surface area contributed by atoms with E-state index in [1.54, 1.807) is 12.1 Å². The lowest BCUT2D eigenvalue weighted by Gasteiger charge is -2.22. The second-order valence-electron chi connectivity index (χ2n) is 6.18. The summed E-state index contributed by atoms with van der Waals surface area (Å²) in [5.41, 5.74) is 1.31. The molecular weight excluding hydrogens is 366 g/mol. The van der Waals surface area contributed by atoms with Crippen LogP contribution in [-0.2, 0) is 0 Å². The molecule has 1 aliphatic heterocycles. The number of hydrogen-bond acceptors (Lipinski definition) is 5. The molecule has 0 atom stereocenters. The number of nitrogens with one attached hydrogen (secondary N) is 2. The number of amides is 2. The van der Waals surface area contributed by atoms with Crippen molar-refractivity contribution in [2.45, 2.75) is 6.42 Å². The minimum absolute atomic E-state index is 0.291. The summed E-state index contributed by atoms with van der Waals surface area (Å²) < 4.78 is 27.2. The number of hydrogen-bond donors (Lipinski definition) is 2. The van der Waals surface area contributed by atoms with Gasteiger partial charge in [-0.05, 0) is 30.7 Å². The van der Waals surface area contributed by atoms with Gasteiger partial charge in [0, 0.05) is 37.1 Å². The number of carbonyl (C=O) groups excluding carboxylic acids is 1. The Balaban J connectivity index is 1.70. The van der Waals surface area contributed by atoms with E-state index in [4.69, 9.17) is 0 Å². The molecule has 0 radical (unpaired) electrons. The van der Waals surface area contributed by atoms with Gasteiger partial charge in [-0.2, -0.15) is 0 Å². The van der Waals surface area contributed by atoms with Crippen LogP contribution in [0.25, 0.3) is 11.3 Å². The van der Waals surface area contributed by atoms with Gasteiger partial charge >= 0.3 is 6.03 Å². The molecule has 7 nitrogen and oxygen atoms in total. The predicted octanol–water partition coefficient (Wildman–Crippen LogP) is 3.67. The third kappa shape index (κ3) is 3.73. The summed E-state index contributed by atoms with van der Waals surface area (Å²) in [4.78, 5) is 26.7. The van der Waals surface area contributed by atoms with E-state index in [1.807, 2.05) is 0 Å². The summed E-state index contributed by atoms with van der Waals surface area (Å²) >= 11 is 0. The van der Waals surface area contributed by atoms with Crippen molar-refractivity contribution in [2.75, 3.05) is 28.6 Å². The predicted molar refractivity (Wildman–Crippen MR) is 101 cm³/mol. The van der Waals surface area contributed by atoms with Gasteiger partial charge in [0.25, 0.3) is 0 Å². The molecule has 2 aromatic heterocycles. The second-order valence-corrected chi connectivity index (χ2v) is 6.18. The zero-order valence-electron chi connectivity index (χ0n) is 14.7. The van der Waals surface area contributed by atoms with E-state index in [1.165, 1.54) is 35.6 Å². The molecule has 142 valence electrons. The van der Waals surface area contributed by atoms with Gasteiger partial charge in [0.05, 0.1) is 17.6 Å². The highest BCUT2D eigenvalue weighted by Crippen LogP contribution is 2.31. The molecule has 1 aromatic carbocycles. The van der Waals surface area contributed by atoms with E-state index >= 15 is 0 Å². The highest BCUT2D eigenvalue weighted by atomic mass is 19.1. The highest BCUT2D eigenvalue weighted by Gasteiger charge is 2.24. The molecule has 1 aliphatic rings. The molecule has 0 unspecified atom stereocenters. The van der Waals surface area contributed by atoms with E-state index < -0.39 is 17.7 Å². The van der Waals surface area contributed by atoms with Crippen LogP contribution < -0.4 is 15.5 Å². The van der Waals surface area contributed by atoms with Crippen molar-refractivity contribution in [2.24, 2.45) is 0 Å². The zero-order chi connectivity index (χ0) is 19.5. The lowest BCUT2D eigenvalue weighted by Crippen LogP contribution is -2.36. The molecule has 0 bridgehead atoms. The third-order valence-corrected chi connectivity index (χ3v) is 4.21. The van der Waals surface area contributed by atoms with E-state index in [2.05, 4.69) is 25.6 Å². The molecule has 3 aromatic rings. The SMILES string of the molecule is O=C(Nc1cnccn1)N1CCCNc2ccc(-c3cc(F)cc(F)c3)nc21. The maximum Gasteiger partial charge on any atom is 0.328 e. The average Bonchev–Trinajstić information content (AvgIpc) is 2.90. The van der Waals surface area contributed by atoms with Gasteiger partial charge in [0.15, 0.2) is 11.6 Å². The lowest BCUT2D eigenvalue weighted by molar-refractivity contribution is 0.256. The van der Waals surface area contributed by atoms with Crippen molar-refractivity contribution >= 4 is 23.4 Å². The summed E-state index contributed by atoms with van der Waals surface area (Å²) in [7, 11) is 0. The summed E-state index contributed by atoms with van der Waals surface area (Å²) in [6, 6.07) is 6.19. The summed E-state index contributed by atoms with van der Waals surface area (Å²) in [5, 5.41) is 5.90. The third-order valence-electron chi connectivity index (χ3n) is 4.21. The van der Waals surface area contributed by atoms with Gasteiger partial charge in [-0.25, -0.2) is 23.5 Å². The molecule has 4 rings (SSSR count). The van der Waals surface area contributed by atoms with Crippen LogP contribution in [0.2, 0.25) is 0 Å². The van der Waals surface area contributed by atoms with Crippen molar-refractivity contribution in [1.82, 2.24) is 15.0 Å². The molecule has 0 saturated heterocycles. The second kappa shape index (κ2) is 7.55. The number of rotatable bonds is 2. The van der Waals surface area contributed by atoms with Crippen LogP contribution in [0, 0.1) is 11.6 Å². The number of aromatic nitrogens is 3. The molecule has 0 fully saturated rings. The Labute approximate surface area is 159 Å². The standard InChI is InChI=1S/C19H16F2N6O/c20-13-8-12(9-14(21)10-13)15-2-3-16-18(25-15)27(7-1-4-23-16)19(28)26-17-11-22-5-6-24-17/h2-3,5-6,8-11,23H,1,4,7H2,(H,24,26,28). The average molecular weight is 382 g/mol. The number of halogens is 2. The molecule has 0 spiro atoms. The van der Waals surface area contributed by atoms with Crippen LogP contribution in [-0.4, -0.2) is 34.1 Å². The Hall–Kier alpha value is -3.62. The fraction of sp³-hybridized carbons (Fsp3) is 0.158. The first-order chi connectivity index (χ1) is 13.6. The van der Waals surface area contributed by atoms with Gasteiger partial charge in [0.2, 0.25) is 0 Å². The summed E-state index contributed by atoms with van der Waals surface area (Å²) in [6.07, 6.45) is 5.12. The Kier molecular flexibility index (Phi) is 4.79. The minimum Gasteiger partial charge on any atom is -0.382 e. The molecule has 2 N–H and O–H groups in total. The van der Waals surface area contributed by atoms with Gasteiger partial charge in [-0.15, -0.1) is 0 Å². The van der Waals surface area contributed by atoms with Crippen LogP contribution in [0.1, 0.15) is 6.42 Å². The number of urea groups is 1. The lowest BCUT2D eigenvalue weighted by atomic mass is 10.1. The first-order valence-corrected chi connectivity index (χ1v) is 8.66. The Bertz CT molecular complexity index is 994. The van der Waals surface area contributed by atoms with Gasteiger partial charge < -0.3 is 5.32 Å². The van der Waals surface area contributed by atoms with Gasteiger partial charge in [0.1, 0.15) is 11.6 Å². The van der Waals surface area contributed by atoms with E-state index in [0.717, 1.165) is 6.07 Å². The monoisotopic (exact) mass is 382 g/mol. The summed E-state index contributed by atoms with van der Waals surface area (Å²) in [5.74, 6) is -0.695. The van der Waals surface area contributed by atoms with Crippen molar-refractivity contribution in [3.05, 3.63) is 60.6 Å². The molecule has 0 saturated carbocycles. The molecule has 28 heavy (non-hydrogen) atoms. The van der Waals surface area contributed by atoms with Crippen LogP contribution in [0.5, 0.6) is 0 Å². The van der Waals surface area contributed by atoms with Crippen molar-refractivity contribution in [3.63, 3.8) is 0 Å². The van der Waals surface area contributed by atoms with Crippen LogP contribution in [0.15, 0.2) is 48.9 Å². The largest absolute Gasteiger partial charge is 0.382 e. The molecule has 0 aliphatic carbocycles. The number of fused-ring (bicyclic) bond motifs is 1. The van der Waals surface area contributed by atoms with E-state index in [0.29, 0.717) is 48.1 Å². The number of benzene rings is 1. The van der Waals surface area contributed by atoms with Gasteiger partial charge in [-0.1, -0.05) is 0 Å². The van der Waals surface area contributed by atoms with Crippen molar-refractivity contribution in [3.8, 4) is 11.3 Å². The Morgan fingerprint density at radius 1 is 1.14 bits per heavy atom. The van der Waals surface area contributed by atoms with Crippen LogP contribution in [0.4, 0.5) is 30.9 Å². The fourth-order valence-corrected chi connectivity index (χ4v) is 2.96. The fourth-order valence-electron chi connectivity index (χ4n) is 2.96. The van der Waals surface area contributed by atoms with Crippen LogP contribution >= 0.6 is 0 Å². The maximum absolute atomic E-state index is 13.6. The number of carbonyl (C=O) groups is 1.